The van der Waals surface area contributed by atoms with Crippen LogP contribution in [0.5, 0.6) is 0 Å². The minimum atomic E-state index is -1.87. The van der Waals surface area contributed by atoms with Crippen LogP contribution in [0.25, 0.3) is 11.1 Å². The van der Waals surface area contributed by atoms with Gasteiger partial charge in [0.1, 0.15) is 29.0 Å². The summed E-state index contributed by atoms with van der Waals surface area (Å²) in [6.07, 6.45) is 0. The maximum atomic E-state index is 13.9. The molecule has 0 heterocycles. The Bertz CT molecular complexity index is 1000. The van der Waals surface area contributed by atoms with E-state index in [0.29, 0.717) is 0 Å². The predicted octanol–water partition coefficient (Wildman–Crippen LogP) is 5.42. The van der Waals surface area contributed by atoms with Crippen LogP contribution in [0.15, 0.2) is 109 Å². The van der Waals surface area contributed by atoms with Gasteiger partial charge in [0.05, 0.1) is 6.66 Å². The smallest absolute Gasteiger partial charge is 0.123 e. The van der Waals surface area contributed by atoms with E-state index in [1.54, 1.807) is 12.1 Å². The molecular formula is C25H21FP+. The molecule has 0 N–H and O–H groups in total. The molecule has 27 heavy (non-hydrogen) atoms. The molecule has 0 saturated heterocycles. The summed E-state index contributed by atoms with van der Waals surface area (Å²) in [5, 5.41) is 3.91. The van der Waals surface area contributed by atoms with E-state index >= 15 is 0 Å². The molecule has 0 amide bonds. The summed E-state index contributed by atoms with van der Waals surface area (Å²) in [7, 11) is -1.87. The molecule has 132 valence electrons. The average Bonchev–Trinajstić information content (AvgIpc) is 2.74. The zero-order valence-corrected chi connectivity index (χ0v) is 16.1. The number of rotatable bonds is 4. The highest BCUT2D eigenvalue weighted by molar-refractivity contribution is 7.95. The maximum absolute atomic E-state index is 13.9. The summed E-state index contributed by atoms with van der Waals surface area (Å²) < 4.78 is 13.9. The van der Waals surface area contributed by atoms with Gasteiger partial charge in [0.25, 0.3) is 0 Å². The van der Waals surface area contributed by atoms with Crippen LogP contribution in [0.3, 0.4) is 0 Å². The second kappa shape index (κ2) is 7.47. The molecule has 0 radical (unpaired) electrons. The minimum absolute atomic E-state index is 0.207. The van der Waals surface area contributed by atoms with E-state index < -0.39 is 7.26 Å². The van der Waals surface area contributed by atoms with Crippen molar-refractivity contribution in [3.8, 4) is 11.1 Å². The van der Waals surface area contributed by atoms with Crippen LogP contribution in [0, 0.1) is 5.82 Å². The molecular weight excluding hydrogens is 350 g/mol. The standard InChI is InChI=1S/C25H21FP/c1-27(22-13-4-2-5-14-22,23-15-6-3-7-16-23)25-18-9-8-17-24(25)20-11-10-12-21(26)19-20/h2-19H,1H3/q+1. The van der Waals surface area contributed by atoms with Gasteiger partial charge in [-0.2, -0.15) is 0 Å². The number of benzene rings is 4. The third-order valence-corrected chi connectivity index (χ3v) is 9.08. The second-order valence-corrected chi connectivity index (χ2v) is 10.2. The zero-order chi connectivity index (χ0) is 18.7. The van der Waals surface area contributed by atoms with E-state index in [1.165, 1.54) is 22.0 Å². The van der Waals surface area contributed by atoms with E-state index in [1.807, 2.05) is 12.1 Å². The number of hydrogen-bond donors (Lipinski definition) is 0. The van der Waals surface area contributed by atoms with E-state index in [2.05, 4.69) is 85.5 Å². The Labute approximate surface area is 160 Å². The van der Waals surface area contributed by atoms with Crippen LogP contribution >= 0.6 is 7.26 Å². The van der Waals surface area contributed by atoms with Gasteiger partial charge in [0.2, 0.25) is 0 Å². The molecule has 0 spiro atoms. The van der Waals surface area contributed by atoms with Gasteiger partial charge in [-0.05, 0) is 48.0 Å². The molecule has 0 saturated carbocycles. The van der Waals surface area contributed by atoms with Gasteiger partial charge < -0.3 is 0 Å². The Kier molecular flexibility index (Phi) is 4.88. The van der Waals surface area contributed by atoms with Crippen LogP contribution in [0.4, 0.5) is 4.39 Å². The number of halogens is 1. The monoisotopic (exact) mass is 371 g/mol. The van der Waals surface area contributed by atoms with Crippen LogP contribution in [-0.2, 0) is 0 Å². The average molecular weight is 371 g/mol. The molecule has 0 nitrogen and oxygen atoms in total. The van der Waals surface area contributed by atoms with Gasteiger partial charge in [0.15, 0.2) is 0 Å². The first-order chi connectivity index (χ1) is 13.2. The van der Waals surface area contributed by atoms with Gasteiger partial charge in [0, 0.05) is 5.56 Å². The summed E-state index contributed by atoms with van der Waals surface area (Å²) in [4.78, 5) is 0. The molecule has 4 aromatic rings. The topological polar surface area (TPSA) is 0 Å². The summed E-state index contributed by atoms with van der Waals surface area (Å²) in [6, 6.07) is 36.7. The van der Waals surface area contributed by atoms with E-state index in [9.17, 15) is 4.39 Å². The highest BCUT2D eigenvalue weighted by Gasteiger charge is 2.41. The Morgan fingerprint density at radius 3 is 1.74 bits per heavy atom. The predicted molar refractivity (Wildman–Crippen MR) is 116 cm³/mol. The van der Waals surface area contributed by atoms with Crippen molar-refractivity contribution >= 4 is 23.2 Å². The lowest BCUT2D eigenvalue weighted by Crippen LogP contribution is -2.31. The van der Waals surface area contributed by atoms with Crippen LogP contribution in [0.1, 0.15) is 0 Å². The van der Waals surface area contributed by atoms with Crippen molar-refractivity contribution in [2.24, 2.45) is 0 Å². The third-order valence-electron chi connectivity index (χ3n) is 5.07. The lowest BCUT2D eigenvalue weighted by atomic mass is 10.1. The summed E-state index contributed by atoms with van der Waals surface area (Å²) in [5.41, 5.74) is 2.02. The van der Waals surface area contributed by atoms with Crippen LogP contribution < -0.4 is 15.9 Å². The normalized spacial score (nSPS) is 11.3. The molecule has 0 aliphatic rings. The molecule has 0 bridgehead atoms. The molecule has 0 fully saturated rings. The van der Waals surface area contributed by atoms with Gasteiger partial charge in [-0.1, -0.05) is 66.7 Å². The van der Waals surface area contributed by atoms with Crippen molar-refractivity contribution in [1.29, 1.82) is 0 Å². The molecule has 4 rings (SSSR count). The Morgan fingerprint density at radius 1 is 0.593 bits per heavy atom. The largest absolute Gasteiger partial charge is 0.207 e. The molecule has 0 aliphatic carbocycles. The van der Waals surface area contributed by atoms with Crippen molar-refractivity contribution in [1.82, 2.24) is 0 Å². The second-order valence-electron chi connectivity index (χ2n) is 6.70. The molecule has 4 aromatic carbocycles. The van der Waals surface area contributed by atoms with Crippen LogP contribution in [-0.4, -0.2) is 6.66 Å². The van der Waals surface area contributed by atoms with Gasteiger partial charge in [-0.15, -0.1) is 0 Å². The molecule has 0 atom stereocenters. The van der Waals surface area contributed by atoms with Gasteiger partial charge >= 0.3 is 0 Å². The van der Waals surface area contributed by atoms with Crippen molar-refractivity contribution in [3.63, 3.8) is 0 Å². The lowest BCUT2D eigenvalue weighted by Gasteiger charge is -2.25. The Balaban J connectivity index is 2.01. The van der Waals surface area contributed by atoms with Crippen LogP contribution in [0.2, 0.25) is 0 Å². The van der Waals surface area contributed by atoms with E-state index in [-0.39, 0.29) is 5.82 Å². The molecule has 0 aliphatic heterocycles. The SMILES string of the molecule is C[P+](c1ccccc1)(c1ccccc1)c1ccccc1-c1cccc(F)c1. The fourth-order valence-corrected chi connectivity index (χ4v) is 7.10. The van der Waals surface area contributed by atoms with Gasteiger partial charge in [-0.25, -0.2) is 4.39 Å². The van der Waals surface area contributed by atoms with Crippen molar-refractivity contribution in [3.05, 3.63) is 115 Å². The fourth-order valence-electron chi connectivity index (χ4n) is 3.64. The molecule has 2 heteroatoms. The fraction of sp³-hybridized carbons (Fsp3) is 0.0400. The highest BCUT2D eigenvalue weighted by Crippen LogP contribution is 2.53. The minimum Gasteiger partial charge on any atom is -0.207 e. The first kappa shape index (κ1) is 17.6. The Morgan fingerprint density at radius 2 is 1.15 bits per heavy atom. The van der Waals surface area contributed by atoms with E-state index in [0.717, 1.165) is 11.1 Å². The Hall–Kier alpha value is -2.76. The molecule has 0 unspecified atom stereocenters. The summed E-state index contributed by atoms with van der Waals surface area (Å²) in [6.45, 7) is 2.36. The maximum Gasteiger partial charge on any atom is 0.123 e. The molecule has 0 aromatic heterocycles. The van der Waals surface area contributed by atoms with Crippen molar-refractivity contribution in [2.45, 2.75) is 0 Å². The number of hydrogen-bond acceptors (Lipinski definition) is 0. The van der Waals surface area contributed by atoms with Crippen molar-refractivity contribution in [2.75, 3.05) is 6.66 Å². The summed E-state index contributed by atoms with van der Waals surface area (Å²) >= 11 is 0. The quantitative estimate of drug-likeness (QED) is 0.421. The summed E-state index contributed by atoms with van der Waals surface area (Å²) in [5.74, 6) is -0.207. The lowest BCUT2D eigenvalue weighted by molar-refractivity contribution is 0.628. The zero-order valence-electron chi connectivity index (χ0n) is 15.2. The third kappa shape index (κ3) is 3.31. The highest BCUT2D eigenvalue weighted by atomic mass is 31.2. The first-order valence-corrected chi connectivity index (χ1v) is 11.3. The van der Waals surface area contributed by atoms with E-state index in [4.69, 9.17) is 0 Å². The van der Waals surface area contributed by atoms with Crippen molar-refractivity contribution < 1.29 is 4.39 Å². The first-order valence-electron chi connectivity index (χ1n) is 9.03. The van der Waals surface area contributed by atoms with Gasteiger partial charge in [-0.3, -0.25) is 0 Å².